The standard InChI is InChI=1S/C6F4/c7-5(8)1-2-6(9,10)4-3-5. The maximum Gasteiger partial charge on any atom is 0.371 e. The van der Waals surface area contributed by atoms with E-state index in [4.69, 9.17) is 0 Å². The SMILES string of the molecule is FC1(F)C#CC(F)(F)C#C1. The van der Waals surface area contributed by atoms with Crippen molar-refractivity contribution in [2.24, 2.45) is 0 Å². The molecule has 0 N–H and O–H groups in total. The lowest BCUT2D eigenvalue weighted by Crippen LogP contribution is -2.20. The minimum Gasteiger partial charge on any atom is -0.178 e. The Kier molecular flexibility index (Phi) is 1.16. The van der Waals surface area contributed by atoms with E-state index < -0.39 is 11.8 Å². The highest BCUT2D eigenvalue weighted by Crippen LogP contribution is 2.19. The van der Waals surface area contributed by atoms with Crippen molar-refractivity contribution in [3.05, 3.63) is 0 Å². The molecule has 0 saturated heterocycles. The Bertz CT molecular complexity index is 218. The predicted octanol–water partition coefficient (Wildman–Crippen LogP) is 1.28. The summed E-state index contributed by atoms with van der Waals surface area (Å²) < 4.78 is 47.5. The molecule has 1 rings (SSSR count). The lowest BCUT2D eigenvalue weighted by atomic mass is 10.2. The van der Waals surface area contributed by atoms with Gasteiger partial charge in [0, 0.05) is 0 Å². The van der Waals surface area contributed by atoms with Crippen LogP contribution in [0.5, 0.6) is 0 Å². The van der Waals surface area contributed by atoms with Gasteiger partial charge in [-0.15, -0.1) is 0 Å². The molecule has 0 aromatic rings. The number of rotatable bonds is 0. The van der Waals surface area contributed by atoms with Crippen LogP contribution in [0.3, 0.4) is 0 Å². The Hall–Kier alpha value is -1.16. The van der Waals surface area contributed by atoms with Crippen LogP contribution in [0.15, 0.2) is 0 Å². The highest BCUT2D eigenvalue weighted by atomic mass is 19.3. The smallest absolute Gasteiger partial charge is 0.178 e. The summed E-state index contributed by atoms with van der Waals surface area (Å²) in [5.74, 6) is -2.97. The van der Waals surface area contributed by atoms with Crippen molar-refractivity contribution < 1.29 is 17.6 Å². The molecule has 10 heavy (non-hydrogen) atoms. The van der Waals surface area contributed by atoms with Gasteiger partial charge in [0.2, 0.25) is 0 Å². The third kappa shape index (κ3) is 1.41. The van der Waals surface area contributed by atoms with Crippen LogP contribution < -0.4 is 0 Å². The fourth-order valence-corrected chi connectivity index (χ4v) is 0.376. The van der Waals surface area contributed by atoms with Crippen LogP contribution in [0.25, 0.3) is 0 Å². The summed E-state index contributed by atoms with van der Waals surface area (Å²) in [7, 11) is 0. The zero-order valence-electron chi connectivity index (χ0n) is 4.51. The van der Waals surface area contributed by atoms with Crippen molar-refractivity contribution in [1.82, 2.24) is 0 Å². The van der Waals surface area contributed by atoms with E-state index in [0.29, 0.717) is 0 Å². The third-order valence-electron chi connectivity index (χ3n) is 0.753. The molecule has 0 aliphatic heterocycles. The summed E-state index contributed by atoms with van der Waals surface area (Å²) in [5, 5.41) is 0. The van der Waals surface area contributed by atoms with Crippen LogP contribution >= 0.6 is 0 Å². The second kappa shape index (κ2) is 1.67. The van der Waals surface area contributed by atoms with E-state index in [0.717, 1.165) is 23.7 Å². The maximum absolute atomic E-state index is 11.9. The van der Waals surface area contributed by atoms with Gasteiger partial charge < -0.3 is 0 Å². The molecule has 0 heterocycles. The molecule has 52 valence electrons. The zero-order valence-corrected chi connectivity index (χ0v) is 4.51. The van der Waals surface area contributed by atoms with Gasteiger partial charge >= 0.3 is 11.8 Å². The Morgan fingerprint density at radius 3 is 1.00 bits per heavy atom. The zero-order chi connectivity index (χ0) is 7.83. The van der Waals surface area contributed by atoms with Gasteiger partial charge in [0.15, 0.2) is 0 Å². The first-order valence-corrected chi connectivity index (χ1v) is 2.26. The number of halogens is 4. The van der Waals surface area contributed by atoms with Crippen molar-refractivity contribution in [3.8, 4) is 23.7 Å². The van der Waals surface area contributed by atoms with Crippen LogP contribution in [0, 0.1) is 23.7 Å². The van der Waals surface area contributed by atoms with Gasteiger partial charge in [-0.05, 0) is 23.7 Å². The first-order valence-electron chi connectivity index (χ1n) is 2.26. The van der Waals surface area contributed by atoms with Gasteiger partial charge in [0.1, 0.15) is 0 Å². The van der Waals surface area contributed by atoms with E-state index in [1.807, 2.05) is 0 Å². The summed E-state index contributed by atoms with van der Waals surface area (Å²) in [6.07, 6.45) is 0. The number of alkyl halides is 4. The second-order valence-electron chi connectivity index (χ2n) is 1.65. The molecule has 4 heteroatoms. The van der Waals surface area contributed by atoms with Crippen molar-refractivity contribution in [1.29, 1.82) is 0 Å². The van der Waals surface area contributed by atoms with Crippen LogP contribution in [0.2, 0.25) is 0 Å². The molecule has 0 spiro atoms. The van der Waals surface area contributed by atoms with Gasteiger partial charge in [0.25, 0.3) is 0 Å². The van der Waals surface area contributed by atoms with E-state index in [1.54, 1.807) is 0 Å². The van der Waals surface area contributed by atoms with Gasteiger partial charge in [-0.25, -0.2) is 0 Å². The van der Waals surface area contributed by atoms with Gasteiger partial charge in [-0.1, -0.05) is 0 Å². The minimum absolute atomic E-state index is 1.04. The molecule has 0 atom stereocenters. The predicted molar refractivity (Wildman–Crippen MR) is 25.4 cm³/mol. The summed E-state index contributed by atoms with van der Waals surface area (Å²) in [6.45, 7) is 0. The summed E-state index contributed by atoms with van der Waals surface area (Å²) in [6, 6.07) is 0. The Balaban J connectivity index is 2.95. The highest BCUT2D eigenvalue weighted by molar-refractivity contribution is 5.39. The molecule has 0 nitrogen and oxygen atoms in total. The van der Waals surface area contributed by atoms with E-state index in [1.165, 1.54) is 0 Å². The van der Waals surface area contributed by atoms with Gasteiger partial charge in [0.05, 0.1) is 0 Å². The van der Waals surface area contributed by atoms with Gasteiger partial charge in [-0.2, -0.15) is 17.6 Å². The second-order valence-corrected chi connectivity index (χ2v) is 1.65. The van der Waals surface area contributed by atoms with E-state index in [2.05, 4.69) is 0 Å². The fraction of sp³-hybridized carbons (Fsp3) is 0.333. The van der Waals surface area contributed by atoms with Crippen LogP contribution in [0.1, 0.15) is 0 Å². The topological polar surface area (TPSA) is 0 Å². The molecule has 1 aliphatic carbocycles. The lowest BCUT2D eigenvalue weighted by Gasteiger charge is -2.05. The number of hydrogen-bond acceptors (Lipinski definition) is 0. The average Bonchev–Trinajstić information content (AvgIpc) is 1.79. The third-order valence-corrected chi connectivity index (χ3v) is 0.753. The van der Waals surface area contributed by atoms with Crippen molar-refractivity contribution in [2.75, 3.05) is 0 Å². The molecule has 1 aliphatic rings. The Morgan fingerprint density at radius 1 is 0.600 bits per heavy atom. The Labute approximate surface area is 54.2 Å². The summed E-state index contributed by atoms with van der Waals surface area (Å²) in [5.41, 5.74) is 0. The largest absolute Gasteiger partial charge is 0.371 e. The van der Waals surface area contributed by atoms with Crippen molar-refractivity contribution in [2.45, 2.75) is 11.8 Å². The Morgan fingerprint density at radius 2 is 0.800 bits per heavy atom. The van der Waals surface area contributed by atoms with Crippen LogP contribution in [-0.2, 0) is 0 Å². The molecular weight excluding hydrogens is 148 g/mol. The number of hydrogen-bond donors (Lipinski definition) is 0. The van der Waals surface area contributed by atoms with Crippen LogP contribution in [-0.4, -0.2) is 11.8 Å². The lowest BCUT2D eigenvalue weighted by molar-refractivity contribution is 0.108. The molecule has 0 radical (unpaired) electrons. The quantitative estimate of drug-likeness (QED) is 0.358. The fourth-order valence-electron chi connectivity index (χ4n) is 0.376. The van der Waals surface area contributed by atoms with Crippen LogP contribution in [0.4, 0.5) is 17.6 Å². The highest BCUT2D eigenvalue weighted by Gasteiger charge is 2.32. The molecule has 0 bridgehead atoms. The molecule has 0 unspecified atom stereocenters. The molecule has 0 aromatic carbocycles. The molecule has 0 fully saturated rings. The van der Waals surface area contributed by atoms with Crippen molar-refractivity contribution >= 4 is 0 Å². The van der Waals surface area contributed by atoms with E-state index in [9.17, 15) is 17.6 Å². The minimum atomic E-state index is -3.57. The monoisotopic (exact) mass is 148 g/mol. The van der Waals surface area contributed by atoms with Gasteiger partial charge in [-0.3, -0.25) is 0 Å². The molecular formula is C6F4. The maximum atomic E-state index is 11.9. The molecule has 0 aromatic heterocycles. The first kappa shape index (κ1) is 6.95. The summed E-state index contributed by atoms with van der Waals surface area (Å²) >= 11 is 0. The van der Waals surface area contributed by atoms with E-state index in [-0.39, 0.29) is 0 Å². The van der Waals surface area contributed by atoms with E-state index >= 15 is 0 Å². The molecule has 0 saturated carbocycles. The summed E-state index contributed by atoms with van der Waals surface area (Å²) in [4.78, 5) is 0. The molecule has 0 amide bonds. The first-order chi connectivity index (χ1) is 4.41. The van der Waals surface area contributed by atoms with Crippen molar-refractivity contribution in [3.63, 3.8) is 0 Å². The normalized spacial score (nSPS) is 23.6. The average molecular weight is 148 g/mol.